The molecule has 0 saturated heterocycles. The van der Waals surface area contributed by atoms with E-state index in [1.807, 2.05) is 0 Å². The number of hydrogen-bond donors (Lipinski definition) is 0. The minimum Gasteiger partial charge on any atom is -0.0654 e. The van der Waals surface area contributed by atoms with Gasteiger partial charge in [-0.3, -0.25) is 0 Å². The highest BCUT2D eigenvalue weighted by Crippen LogP contribution is 2.63. The lowest BCUT2D eigenvalue weighted by molar-refractivity contribution is 0.259. The van der Waals surface area contributed by atoms with Crippen molar-refractivity contribution in [2.75, 3.05) is 0 Å². The van der Waals surface area contributed by atoms with Crippen LogP contribution in [0, 0.1) is 17.3 Å². The maximum Gasteiger partial charge on any atom is -0.0295 e. The second kappa shape index (κ2) is 1.99. The van der Waals surface area contributed by atoms with Gasteiger partial charge in [-0.2, -0.15) is 0 Å². The Bertz CT molecular complexity index is 139. The Morgan fingerprint density at radius 3 is 2.70 bits per heavy atom. The fourth-order valence-corrected chi connectivity index (χ4v) is 3.00. The van der Waals surface area contributed by atoms with Crippen LogP contribution in [-0.4, -0.2) is 0 Å². The smallest absolute Gasteiger partial charge is 0.0295 e. The first kappa shape index (κ1) is 6.69. The molecule has 3 atom stereocenters. The first-order valence-electron chi connectivity index (χ1n) is 4.76. The molecule has 0 heterocycles. The van der Waals surface area contributed by atoms with Gasteiger partial charge in [-0.05, 0) is 42.9 Å². The van der Waals surface area contributed by atoms with E-state index < -0.39 is 0 Å². The van der Waals surface area contributed by atoms with Gasteiger partial charge in [0.05, 0.1) is 0 Å². The lowest BCUT2D eigenvalue weighted by Crippen LogP contribution is -2.14. The Balaban J connectivity index is 2.00. The topological polar surface area (TPSA) is 0 Å². The molecule has 0 amide bonds. The molecule has 0 nitrogen and oxygen atoms in total. The van der Waals surface area contributed by atoms with Crippen LogP contribution in [0.5, 0.6) is 0 Å². The van der Waals surface area contributed by atoms with Gasteiger partial charge in [0.25, 0.3) is 0 Å². The molecule has 2 rings (SSSR count). The second-order valence-electron chi connectivity index (χ2n) is 4.54. The molecule has 2 saturated carbocycles. The van der Waals surface area contributed by atoms with E-state index in [1.165, 1.54) is 19.3 Å². The van der Waals surface area contributed by atoms with Gasteiger partial charge in [0.2, 0.25) is 0 Å². The van der Waals surface area contributed by atoms with Crippen LogP contribution in [0.3, 0.4) is 0 Å². The average Bonchev–Trinajstić information content (AvgIpc) is 2.58. The molecule has 0 aromatic carbocycles. The molecule has 0 heteroatoms. The van der Waals surface area contributed by atoms with Crippen molar-refractivity contribution in [2.24, 2.45) is 17.3 Å². The van der Waals surface area contributed by atoms with Gasteiger partial charge in [0.1, 0.15) is 0 Å². The van der Waals surface area contributed by atoms with Crippen LogP contribution in [-0.2, 0) is 0 Å². The molecule has 58 valence electrons. The van der Waals surface area contributed by atoms with Gasteiger partial charge < -0.3 is 0 Å². The summed E-state index contributed by atoms with van der Waals surface area (Å²) < 4.78 is 0. The van der Waals surface area contributed by atoms with Crippen molar-refractivity contribution in [3.05, 3.63) is 0 Å². The summed E-state index contributed by atoms with van der Waals surface area (Å²) in [5.41, 5.74) is 0.777. The summed E-state index contributed by atoms with van der Waals surface area (Å²) in [6.07, 6.45) is 7.50. The lowest BCUT2D eigenvalue weighted by atomic mass is 9.81. The van der Waals surface area contributed by atoms with Crippen LogP contribution in [0.2, 0.25) is 0 Å². The molecule has 2 aliphatic carbocycles. The molecular weight excluding hydrogens is 120 g/mol. The maximum atomic E-state index is 2.51. The highest BCUT2D eigenvalue weighted by molar-refractivity contribution is 5.03. The molecular formula is C10H18. The molecule has 2 aliphatic rings. The first-order valence-corrected chi connectivity index (χ1v) is 4.76. The van der Waals surface area contributed by atoms with E-state index in [-0.39, 0.29) is 0 Å². The average molecular weight is 138 g/mol. The number of hydrogen-bond acceptors (Lipinski definition) is 0. The Labute approximate surface area is 64.0 Å². The summed E-state index contributed by atoms with van der Waals surface area (Å²) in [6, 6.07) is 0. The summed E-state index contributed by atoms with van der Waals surface area (Å²) in [6.45, 7) is 4.83. The van der Waals surface area contributed by atoms with Crippen LogP contribution >= 0.6 is 0 Å². The minimum absolute atomic E-state index is 0.777. The van der Waals surface area contributed by atoms with Crippen LogP contribution in [0.15, 0.2) is 0 Å². The van der Waals surface area contributed by atoms with Crippen LogP contribution in [0.1, 0.15) is 46.0 Å². The first-order chi connectivity index (χ1) is 4.76. The Morgan fingerprint density at radius 2 is 2.30 bits per heavy atom. The van der Waals surface area contributed by atoms with Crippen LogP contribution in [0.4, 0.5) is 0 Å². The lowest BCUT2D eigenvalue weighted by Gasteiger charge is -2.25. The molecule has 0 aromatic heterocycles. The molecule has 0 aromatic rings. The van der Waals surface area contributed by atoms with E-state index in [1.54, 1.807) is 12.8 Å². The monoisotopic (exact) mass is 138 g/mol. The van der Waals surface area contributed by atoms with Gasteiger partial charge >= 0.3 is 0 Å². The quantitative estimate of drug-likeness (QED) is 0.549. The molecule has 0 aliphatic heterocycles. The molecule has 0 bridgehead atoms. The van der Waals surface area contributed by atoms with E-state index in [2.05, 4.69) is 13.8 Å². The molecule has 0 N–H and O–H groups in total. The normalized spacial score (nSPS) is 51.0. The Kier molecular flexibility index (Phi) is 1.33. The van der Waals surface area contributed by atoms with Crippen LogP contribution < -0.4 is 0 Å². The summed E-state index contributed by atoms with van der Waals surface area (Å²) in [7, 11) is 0. The maximum absolute atomic E-state index is 2.51. The highest BCUT2D eigenvalue weighted by Gasteiger charge is 2.54. The summed E-state index contributed by atoms with van der Waals surface area (Å²) >= 11 is 0. The van der Waals surface area contributed by atoms with Crippen molar-refractivity contribution in [1.29, 1.82) is 0 Å². The number of fused-ring (bicyclic) bond motifs is 1. The predicted octanol–water partition coefficient (Wildman–Crippen LogP) is 3.22. The third-order valence-electron chi connectivity index (χ3n) is 3.73. The third kappa shape index (κ3) is 0.810. The molecule has 0 spiro atoms. The van der Waals surface area contributed by atoms with Gasteiger partial charge in [0.15, 0.2) is 0 Å². The van der Waals surface area contributed by atoms with E-state index >= 15 is 0 Å². The fourth-order valence-electron chi connectivity index (χ4n) is 3.00. The highest BCUT2D eigenvalue weighted by atomic mass is 14.6. The standard InChI is InChI=1S/C10H18/c1-3-5-10(2)6-4-8-7-9(8)10/h8-9H,3-7H2,1-2H3. The van der Waals surface area contributed by atoms with Gasteiger partial charge in [-0.1, -0.05) is 20.3 Å². The zero-order valence-electron chi connectivity index (χ0n) is 7.19. The van der Waals surface area contributed by atoms with Crippen molar-refractivity contribution < 1.29 is 0 Å². The van der Waals surface area contributed by atoms with Crippen molar-refractivity contribution in [1.82, 2.24) is 0 Å². The zero-order valence-corrected chi connectivity index (χ0v) is 7.19. The van der Waals surface area contributed by atoms with Gasteiger partial charge in [-0.25, -0.2) is 0 Å². The van der Waals surface area contributed by atoms with Crippen molar-refractivity contribution in [2.45, 2.75) is 46.0 Å². The van der Waals surface area contributed by atoms with E-state index in [4.69, 9.17) is 0 Å². The van der Waals surface area contributed by atoms with E-state index in [9.17, 15) is 0 Å². The Morgan fingerprint density at radius 1 is 1.50 bits per heavy atom. The Hall–Kier alpha value is 0. The van der Waals surface area contributed by atoms with E-state index in [0.717, 1.165) is 17.3 Å². The van der Waals surface area contributed by atoms with Crippen molar-refractivity contribution in [3.8, 4) is 0 Å². The zero-order chi connectivity index (χ0) is 7.19. The molecule has 10 heavy (non-hydrogen) atoms. The molecule has 3 unspecified atom stereocenters. The summed E-state index contributed by atoms with van der Waals surface area (Å²) in [5.74, 6) is 2.31. The SMILES string of the molecule is CCCC1(C)CCC2CC21. The van der Waals surface area contributed by atoms with Crippen molar-refractivity contribution in [3.63, 3.8) is 0 Å². The fraction of sp³-hybridized carbons (Fsp3) is 1.00. The predicted molar refractivity (Wildman–Crippen MR) is 43.8 cm³/mol. The third-order valence-corrected chi connectivity index (χ3v) is 3.73. The molecule has 0 radical (unpaired) electrons. The van der Waals surface area contributed by atoms with Crippen LogP contribution in [0.25, 0.3) is 0 Å². The second-order valence-corrected chi connectivity index (χ2v) is 4.54. The number of rotatable bonds is 2. The van der Waals surface area contributed by atoms with Gasteiger partial charge in [0, 0.05) is 0 Å². The minimum atomic E-state index is 0.777. The van der Waals surface area contributed by atoms with Gasteiger partial charge in [-0.15, -0.1) is 0 Å². The van der Waals surface area contributed by atoms with E-state index in [0.29, 0.717) is 0 Å². The largest absolute Gasteiger partial charge is 0.0654 e. The van der Waals surface area contributed by atoms with Crippen molar-refractivity contribution >= 4 is 0 Å². The summed E-state index contributed by atoms with van der Waals surface area (Å²) in [5, 5.41) is 0. The molecule has 2 fully saturated rings. The summed E-state index contributed by atoms with van der Waals surface area (Å²) in [4.78, 5) is 0.